The molecule has 0 spiro atoms. The Labute approximate surface area is 135 Å². The van der Waals surface area contributed by atoms with Crippen molar-refractivity contribution in [2.45, 2.75) is 41.7 Å². The molecule has 0 bridgehead atoms. The van der Waals surface area contributed by atoms with Crippen LogP contribution in [-0.2, 0) is 14.6 Å². The van der Waals surface area contributed by atoms with Gasteiger partial charge in [0.15, 0.2) is 14.6 Å². The first-order valence-electron chi connectivity index (χ1n) is 7.69. The quantitative estimate of drug-likeness (QED) is 0.668. The molecule has 122 valence electrons. The number of carbonyl (C=O) groups is 1. The summed E-state index contributed by atoms with van der Waals surface area (Å²) in [6, 6.07) is 12.4. The van der Waals surface area contributed by atoms with Gasteiger partial charge >= 0.3 is 0 Å². The highest BCUT2D eigenvalue weighted by Crippen LogP contribution is 2.39. The van der Waals surface area contributed by atoms with Crippen molar-refractivity contribution in [1.82, 2.24) is 5.48 Å². The highest BCUT2D eigenvalue weighted by atomic mass is 32.2. The van der Waals surface area contributed by atoms with E-state index in [0.717, 1.165) is 17.2 Å². The van der Waals surface area contributed by atoms with Crippen LogP contribution in [0, 0.1) is 0 Å². The van der Waals surface area contributed by atoms with Gasteiger partial charge in [-0.25, -0.2) is 13.9 Å². The molecule has 1 saturated carbocycles. The van der Waals surface area contributed by atoms with Crippen molar-refractivity contribution < 1.29 is 18.4 Å². The van der Waals surface area contributed by atoms with Gasteiger partial charge in [0.2, 0.25) is 0 Å². The highest BCUT2D eigenvalue weighted by Gasteiger charge is 2.51. The number of hydrogen-bond acceptors (Lipinski definition) is 4. The zero-order chi connectivity index (χ0) is 16.5. The van der Waals surface area contributed by atoms with E-state index in [9.17, 15) is 13.2 Å². The van der Waals surface area contributed by atoms with Crippen LogP contribution in [0.2, 0.25) is 0 Å². The molecule has 0 heterocycles. The van der Waals surface area contributed by atoms with Gasteiger partial charge in [0.1, 0.15) is 0 Å². The predicted octanol–water partition coefficient (Wildman–Crippen LogP) is 2.82. The summed E-state index contributed by atoms with van der Waals surface area (Å²) in [4.78, 5) is 12.4. The number of carbonyl (C=O) groups excluding carboxylic acids is 1. The van der Waals surface area contributed by atoms with Gasteiger partial charge in [0, 0.05) is 0 Å². The van der Waals surface area contributed by atoms with Gasteiger partial charge in [-0.1, -0.05) is 49.6 Å². The first kappa shape index (κ1) is 16.0. The molecular weight excluding hydrogens is 314 g/mol. The molecule has 1 amide bonds. The third-order valence-electron chi connectivity index (χ3n) is 4.72. The average Bonchev–Trinajstić information content (AvgIpc) is 2.61. The first-order valence-corrected chi connectivity index (χ1v) is 9.17. The SMILES string of the molecule is O=C(NO)C1(S(=O)(=O)c2ccc3ccccc3c2)CCCCC1. The van der Waals surface area contributed by atoms with Gasteiger partial charge in [-0.15, -0.1) is 0 Å². The van der Waals surface area contributed by atoms with Gasteiger partial charge in [-0.2, -0.15) is 0 Å². The molecule has 1 aliphatic rings. The molecule has 5 nitrogen and oxygen atoms in total. The Hall–Kier alpha value is -1.92. The van der Waals surface area contributed by atoms with E-state index in [1.807, 2.05) is 24.3 Å². The first-order chi connectivity index (χ1) is 11.0. The molecule has 3 rings (SSSR count). The number of hydrogen-bond donors (Lipinski definition) is 2. The van der Waals surface area contributed by atoms with Crippen LogP contribution in [0.15, 0.2) is 47.4 Å². The second-order valence-corrected chi connectivity index (χ2v) is 8.27. The molecule has 1 fully saturated rings. The van der Waals surface area contributed by atoms with E-state index < -0.39 is 20.5 Å². The molecule has 0 saturated heterocycles. The van der Waals surface area contributed by atoms with Gasteiger partial charge in [0.05, 0.1) is 4.90 Å². The maximum atomic E-state index is 13.2. The minimum absolute atomic E-state index is 0.127. The molecule has 2 N–H and O–H groups in total. The van der Waals surface area contributed by atoms with E-state index >= 15 is 0 Å². The molecule has 0 atom stereocenters. The maximum Gasteiger partial charge on any atom is 0.265 e. The Balaban J connectivity index is 2.15. The summed E-state index contributed by atoms with van der Waals surface area (Å²) in [6.07, 6.45) is 2.66. The fourth-order valence-electron chi connectivity index (χ4n) is 3.40. The van der Waals surface area contributed by atoms with E-state index in [1.165, 1.54) is 0 Å². The van der Waals surface area contributed by atoms with E-state index in [4.69, 9.17) is 5.21 Å². The fourth-order valence-corrected chi connectivity index (χ4v) is 5.50. The minimum atomic E-state index is -3.90. The number of rotatable bonds is 3. The predicted molar refractivity (Wildman–Crippen MR) is 86.9 cm³/mol. The van der Waals surface area contributed by atoms with Crippen LogP contribution in [0.5, 0.6) is 0 Å². The monoisotopic (exact) mass is 333 g/mol. The van der Waals surface area contributed by atoms with Gasteiger partial charge in [-0.3, -0.25) is 10.0 Å². The van der Waals surface area contributed by atoms with Crippen LogP contribution in [0.25, 0.3) is 10.8 Å². The molecule has 2 aromatic carbocycles. The van der Waals surface area contributed by atoms with Gasteiger partial charge in [0.25, 0.3) is 5.91 Å². The van der Waals surface area contributed by atoms with Crippen LogP contribution in [0.1, 0.15) is 32.1 Å². The van der Waals surface area contributed by atoms with Crippen molar-refractivity contribution in [1.29, 1.82) is 0 Å². The number of benzene rings is 2. The largest absolute Gasteiger partial charge is 0.289 e. The molecule has 0 aliphatic heterocycles. The van der Waals surface area contributed by atoms with Crippen molar-refractivity contribution in [2.75, 3.05) is 0 Å². The Morgan fingerprint density at radius 1 is 1.00 bits per heavy atom. The van der Waals surface area contributed by atoms with E-state index in [2.05, 4.69) is 0 Å². The molecule has 0 radical (unpaired) electrons. The van der Waals surface area contributed by atoms with Crippen LogP contribution < -0.4 is 5.48 Å². The zero-order valence-corrected chi connectivity index (χ0v) is 13.5. The smallest absolute Gasteiger partial charge is 0.265 e. The van der Waals surface area contributed by atoms with Gasteiger partial charge in [-0.05, 0) is 35.7 Å². The molecule has 0 unspecified atom stereocenters. The third kappa shape index (κ3) is 2.52. The lowest BCUT2D eigenvalue weighted by molar-refractivity contribution is -0.132. The van der Waals surface area contributed by atoms with E-state index in [-0.39, 0.29) is 17.7 Å². The third-order valence-corrected chi connectivity index (χ3v) is 7.22. The lowest BCUT2D eigenvalue weighted by Gasteiger charge is -2.34. The molecule has 6 heteroatoms. The minimum Gasteiger partial charge on any atom is -0.289 e. The standard InChI is InChI=1S/C17H19NO4S/c19-16(18-20)17(10-4-1-5-11-17)23(21,22)15-9-8-13-6-2-3-7-14(13)12-15/h2-3,6-9,12,20H,1,4-5,10-11H2,(H,18,19). The summed E-state index contributed by atoms with van der Waals surface area (Å²) < 4.78 is 24.8. The van der Waals surface area contributed by atoms with Crippen LogP contribution in [0.3, 0.4) is 0 Å². The van der Waals surface area contributed by atoms with E-state index in [0.29, 0.717) is 12.8 Å². The summed E-state index contributed by atoms with van der Waals surface area (Å²) in [6.45, 7) is 0. The van der Waals surface area contributed by atoms with Crippen molar-refractivity contribution in [3.05, 3.63) is 42.5 Å². The second-order valence-electron chi connectivity index (χ2n) is 6.01. The lowest BCUT2D eigenvalue weighted by atomic mass is 9.88. The van der Waals surface area contributed by atoms with Crippen LogP contribution in [0.4, 0.5) is 0 Å². The summed E-state index contributed by atoms with van der Waals surface area (Å²) in [5.74, 6) is -0.828. The van der Waals surface area contributed by atoms with Crippen LogP contribution in [-0.4, -0.2) is 24.3 Å². The van der Waals surface area contributed by atoms with Crippen molar-refractivity contribution in [2.24, 2.45) is 0 Å². The Morgan fingerprint density at radius 3 is 2.30 bits per heavy atom. The number of fused-ring (bicyclic) bond motifs is 1. The highest BCUT2D eigenvalue weighted by molar-refractivity contribution is 7.93. The molecule has 0 aromatic heterocycles. The molecule has 1 aliphatic carbocycles. The second kappa shape index (κ2) is 5.94. The topological polar surface area (TPSA) is 83.5 Å². The summed E-state index contributed by atoms with van der Waals surface area (Å²) in [5, 5.41) is 10.8. The van der Waals surface area contributed by atoms with Crippen molar-refractivity contribution >= 4 is 26.5 Å². The molecular formula is C17H19NO4S. The number of nitrogens with one attached hydrogen (secondary N) is 1. The molecule has 2 aromatic rings. The number of hydroxylamine groups is 1. The summed E-state index contributed by atoms with van der Waals surface area (Å²) >= 11 is 0. The Morgan fingerprint density at radius 2 is 1.65 bits per heavy atom. The lowest BCUT2D eigenvalue weighted by Crippen LogP contribution is -2.52. The van der Waals surface area contributed by atoms with Crippen molar-refractivity contribution in [3.63, 3.8) is 0 Å². The van der Waals surface area contributed by atoms with Gasteiger partial charge < -0.3 is 0 Å². The molecule has 23 heavy (non-hydrogen) atoms. The van der Waals surface area contributed by atoms with E-state index in [1.54, 1.807) is 23.7 Å². The van der Waals surface area contributed by atoms with Crippen molar-refractivity contribution in [3.8, 4) is 0 Å². The Bertz CT molecular complexity index is 839. The maximum absolute atomic E-state index is 13.2. The normalized spacial score (nSPS) is 17.8. The fraction of sp³-hybridized carbons (Fsp3) is 0.353. The summed E-state index contributed by atoms with van der Waals surface area (Å²) in [7, 11) is -3.90. The Kier molecular flexibility index (Phi) is 4.12. The average molecular weight is 333 g/mol. The zero-order valence-electron chi connectivity index (χ0n) is 12.7. The number of sulfone groups is 1. The number of amides is 1. The van der Waals surface area contributed by atoms with Crippen LogP contribution >= 0.6 is 0 Å². The summed E-state index contributed by atoms with van der Waals surface area (Å²) in [5.41, 5.74) is 1.57.